The van der Waals surface area contributed by atoms with Gasteiger partial charge in [-0.2, -0.15) is 0 Å². The van der Waals surface area contributed by atoms with Crippen molar-refractivity contribution in [1.29, 1.82) is 0 Å². The van der Waals surface area contributed by atoms with Crippen LogP contribution in [0, 0.1) is 0 Å². The van der Waals surface area contributed by atoms with Crippen molar-refractivity contribution in [3.05, 3.63) is 54.1 Å². The molecule has 0 aliphatic carbocycles. The van der Waals surface area contributed by atoms with Crippen LogP contribution in [-0.2, 0) is 11.2 Å². The number of nitrogens with zero attached hydrogens (tertiary/aromatic N) is 3. The van der Waals surface area contributed by atoms with Gasteiger partial charge in [0.25, 0.3) is 11.1 Å². The van der Waals surface area contributed by atoms with E-state index in [-0.39, 0.29) is 11.9 Å². The number of carbonyl (C=O) groups is 1. The maximum atomic E-state index is 12.4. The third-order valence-electron chi connectivity index (χ3n) is 6.23. The van der Waals surface area contributed by atoms with Crippen molar-refractivity contribution in [3.8, 4) is 10.9 Å². The minimum Gasteiger partial charge on any atom is -0.431 e. The quantitative estimate of drug-likeness (QED) is 0.637. The van der Waals surface area contributed by atoms with E-state index in [9.17, 15) is 9.90 Å². The summed E-state index contributed by atoms with van der Waals surface area (Å²) >= 11 is 1.55. The predicted octanol–water partition coefficient (Wildman–Crippen LogP) is 3.69. The van der Waals surface area contributed by atoms with Crippen molar-refractivity contribution < 1.29 is 14.6 Å². The normalized spacial score (nSPS) is 21.2. The minimum absolute atomic E-state index is 0.150. The Kier molecular flexibility index (Phi) is 5.20. The minimum atomic E-state index is -1.29. The SMILES string of the molecule is CC(C)(O)C(=O)N1CC2CC1CN2CCc1ccc(Oc2nc3ccccc3s2)cc1. The molecule has 2 saturated heterocycles. The zero-order chi connectivity index (χ0) is 21.6. The van der Waals surface area contributed by atoms with E-state index in [0.717, 1.165) is 48.4 Å². The summed E-state index contributed by atoms with van der Waals surface area (Å²) < 4.78 is 7.06. The summed E-state index contributed by atoms with van der Waals surface area (Å²) in [5, 5.41) is 10.7. The second-order valence-electron chi connectivity index (χ2n) is 9.00. The second-order valence-corrected chi connectivity index (χ2v) is 9.99. The highest BCUT2D eigenvalue weighted by Crippen LogP contribution is 2.33. The zero-order valence-electron chi connectivity index (χ0n) is 17.8. The fraction of sp³-hybridized carbons (Fsp3) is 0.417. The van der Waals surface area contributed by atoms with Crippen LogP contribution in [0.3, 0.4) is 0 Å². The molecule has 0 saturated carbocycles. The van der Waals surface area contributed by atoms with Gasteiger partial charge in [0.1, 0.15) is 11.4 Å². The molecule has 2 aromatic carbocycles. The average Bonchev–Trinajstić information content (AvgIpc) is 3.45. The molecule has 31 heavy (non-hydrogen) atoms. The molecule has 7 heteroatoms. The lowest BCUT2D eigenvalue weighted by Gasteiger charge is -2.36. The smallest absolute Gasteiger partial charge is 0.279 e. The fourth-order valence-electron chi connectivity index (χ4n) is 4.62. The number of thiazole rings is 1. The van der Waals surface area contributed by atoms with Crippen molar-refractivity contribution >= 4 is 27.5 Å². The van der Waals surface area contributed by atoms with E-state index in [1.807, 2.05) is 41.3 Å². The molecule has 2 aliphatic rings. The van der Waals surface area contributed by atoms with Crippen molar-refractivity contribution in [3.63, 3.8) is 0 Å². The van der Waals surface area contributed by atoms with Crippen LogP contribution < -0.4 is 4.74 Å². The number of hydrogen-bond donors (Lipinski definition) is 1. The predicted molar refractivity (Wildman–Crippen MR) is 122 cm³/mol. The average molecular weight is 438 g/mol. The maximum absolute atomic E-state index is 12.4. The Balaban J connectivity index is 1.14. The molecule has 3 heterocycles. The largest absolute Gasteiger partial charge is 0.431 e. The van der Waals surface area contributed by atoms with Crippen LogP contribution in [0.25, 0.3) is 10.2 Å². The zero-order valence-corrected chi connectivity index (χ0v) is 18.6. The number of likely N-dealkylation sites (tertiary alicyclic amines) is 2. The lowest BCUT2D eigenvalue weighted by Crippen LogP contribution is -2.54. The number of para-hydroxylation sites is 1. The van der Waals surface area contributed by atoms with Gasteiger partial charge in [-0.3, -0.25) is 9.69 Å². The third kappa shape index (κ3) is 4.18. The number of ether oxygens (including phenoxy) is 1. The van der Waals surface area contributed by atoms with E-state index in [1.54, 1.807) is 25.2 Å². The van der Waals surface area contributed by atoms with Crippen LogP contribution >= 0.6 is 11.3 Å². The van der Waals surface area contributed by atoms with Crippen LogP contribution in [-0.4, -0.2) is 63.1 Å². The Morgan fingerprint density at radius 2 is 1.94 bits per heavy atom. The molecule has 6 nitrogen and oxygen atoms in total. The third-order valence-corrected chi connectivity index (χ3v) is 7.14. The lowest BCUT2D eigenvalue weighted by molar-refractivity contribution is -0.150. The Morgan fingerprint density at radius 3 is 2.61 bits per heavy atom. The highest BCUT2D eigenvalue weighted by atomic mass is 32.1. The van der Waals surface area contributed by atoms with Crippen molar-refractivity contribution in [1.82, 2.24) is 14.8 Å². The number of amides is 1. The molecule has 3 aromatic rings. The van der Waals surface area contributed by atoms with E-state index in [4.69, 9.17) is 4.74 Å². The monoisotopic (exact) mass is 437 g/mol. The van der Waals surface area contributed by atoms with E-state index in [2.05, 4.69) is 22.0 Å². The van der Waals surface area contributed by atoms with E-state index in [1.165, 1.54) is 5.56 Å². The molecular formula is C24H27N3O3S. The Morgan fingerprint density at radius 1 is 1.16 bits per heavy atom. The Hall–Kier alpha value is -2.48. The topological polar surface area (TPSA) is 65.9 Å². The Labute approximate surface area is 186 Å². The number of piperazine rings is 1. The van der Waals surface area contributed by atoms with Gasteiger partial charge in [0, 0.05) is 31.7 Å². The van der Waals surface area contributed by atoms with Crippen molar-refractivity contribution in [2.45, 2.75) is 44.4 Å². The first kappa shape index (κ1) is 20.4. The van der Waals surface area contributed by atoms with Gasteiger partial charge in [-0.25, -0.2) is 4.98 Å². The molecule has 2 unspecified atom stereocenters. The molecule has 0 spiro atoms. The maximum Gasteiger partial charge on any atom is 0.279 e. The van der Waals surface area contributed by atoms with Gasteiger partial charge in [0.05, 0.1) is 10.2 Å². The van der Waals surface area contributed by atoms with Crippen LogP contribution in [0.4, 0.5) is 0 Å². The van der Waals surface area contributed by atoms with Gasteiger partial charge in [-0.1, -0.05) is 35.6 Å². The number of hydrogen-bond acceptors (Lipinski definition) is 6. The number of rotatable bonds is 6. The van der Waals surface area contributed by atoms with Crippen molar-refractivity contribution in [2.24, 2.45) is 0 Å². The van der Waals surface area contributed by atoms with Crippen LogP contribution in [0.15, 0.2) is 48.5 Å². The van der Waals surface area contributed by atoms with Crippen LogP contribution in [0.1, 0.15) is 25.8 Å². The Bertz CT molecular complexity index is 1060. The molecule has 5 rings (SSSR count). The van der Waals surface area contributed by atoms with E-state index in [0.29, 0.717) is 11.2 Å². The second kappa shape index (κ2) is 7.89. The van der Waals surface area contributed by atoms with Gasteiger partial charge in [0.15, 0.2) is 0 Å². The fourth-order valence-corrected chi connectivity index (χ4v) is 5.45. The first-order valence-corrected chi connectivity index (χ1v) is 11.6. The summed E-state index contributed by atoms with van der Waals surface area (Å²) in [7, 11) is 0. The molecule has 162 valence electrons. The van der Waals surface area contributed by atoms with Gasteiger partial charge in [-0.05, 0) is 56.5 Å². The molecule has 2 atom stereocenters. The number of aliphatic hydroxyl groups is 1. The highest BCUT2D eigenvalue weighted by molar-refractivity contribution is 7.20. The summed E-state index contributed by atoms with van der Waals surface area (Å²) in [5.41, 5.74) is 0.940. The van der Waals surface area contributed by atoms with E-state index >= 15 is 0 Å². The van der Waals surface area contributed by atoms with Gasteiger partial charge in [-0.15, -0.1) is 0 Å². The summed E-state index contributed by atoms with van der Waals surface area (Å²) in [6, 6.07) is 16.9. The molecule has 2 fully saturated rings. The summed E-state index contributed by atoms with van der Waals surface area (Å²) in [6.45, 7) is 5.74. The molecule has 1 N–H and O–H groups in total. The molecular weight excluding hydrogens is 410 g/mol. The van der Waals surface area contributed by atoms with Crippen LogP contribution in [0.5, 0.6) is 10.9 Å². The van der Waals surface area contributed by atoms with E-state index < -0.39 is 5.60 Å². The summed E-state index contributed by atoms with van der Waals surface area (Å²) in [4.78, 5) is 21.3. The molecule has 0 radical (unpaired) electrons. The lowest BCUT2D eigenvalue weighted by atomic mass is 10.1. The van der Waals surface area contributed by atoms with Gasteiger partial charge < -0.3 is 14.7 Å². The first-order chi connectivity index (χ1) is 14.9. The number of aromatic nitrogens is 1. The molecule has 2 bridgehead atoms. The molecule has 1 aromatic heterocycles. The van der Waals surface area contributed by atoms with Crippen molar-refractivity contribution in [2.75, 3.05) is 19.6 Å². The standard InChI is InChI=1S/C24H27N3O3S/c1-24(2,29)22(28)27-15-17-13-18(27)14-26(17)12-11-16-7-9-19(10-8-16)30-23-25-20-5-3-4-6-21(20)31-23/h3-10,17-18,29H,11-15H2,1-2H3. The summed E-state index contributed by atoms with van der Waals surface area (Å²) in [6.07, 6.45) is 1.97. The first-order valence-electron chi connectivity index (χ1n) is 10.8. The highest BCUT2D eigenvalue weighted by Gasteiger charge is 2.47. The number of fused-ring (bicyclic) bond motifs is 3. The molecule has 2 aliphatic heterocycles. The van der Waals surface area contributed by atoms with Gasteiger partial charge in [0.2, 0.25) is 0 Å². The number of benzene rings is 2. The summed E-state index contributed by atoms with van der Waals surface area (Å²) in [5.74, 6) is 0.646. The molecule has 1 amide bonds. The van der Waals surface area contributed by atoms with Crippen LogP contribution in [0.2, 0.25) is 0 Å². The van der Waals surface area contributed by atoms with Gasteiger partial charge >= 0.3 is 0 Å². The number of carbonyl (C=O) groups excluding carboxylic acids is 1.